The molecule has 0 amide bonds. The van der Waals surface area contributed by atoms with E-state index in [-0.39, 0.29) is 0 Å². The zero-order chi connectivity index (χ0) is 16.2. The summed E-state index contributed by atoms with van der Waals surface area (Å²) >= 11 is 1.86. The van der Waals surface area contributed by atoms with E-state index in [1.165, 1.54) is 26.2 Å². The van der Waals surface area contributed by atoms with Crippen LogP contribution < -0.4 is 9.25 Å². The summed E-state index contributed by atoms with van der Waals surface area (Å²) in [5, 5.41) is 0. The fourth-order valence-corrected chi connectivity index (χ4v) is 4.13. The predicted molar refractivity (Wildman–Crippen MR) is 101 cm³/mol. The van der Waals surface area contributed by atoms with Crippen molar-refractivity contribution in [2.24, 2.45) is 0 Å². The van der Waals surface area contributed by atoms with Gasteiger partial charge < -0.3 is 4.74 Å². The average Bonchev–Trinajstić information content (AvgIpc) is 2.70. The fourth-order valence-electron chi connectivity index (χ4n) is 2.97. The van der Waals surface area contributed by atoms with Crippen molar-refractivity contribution in [3.8, 4) is 21.6 Å². The zero-order valence-corrected chi connectivity index (χ0v) is 14.3. The highest BCUT2D eigenvalue weighted by Crippen LogP contribution is 2.27. The van der Waals surface area contributed by atoms with Crippen molar-refractivity contribution in [1.82, 2.24) is 4.58 Å². The van der Waals surface area contributed by atoms with E-state index in [2.05, 4.69) is 77.4 Å². The number of nitrogens with zero attached hydrogens (tertiary/aromatic N) is 1. The van der Waals surface area contributed by atoms with Gasteiger partial charge in [0, 0.05) is 10.9 Å². The molecule has 0 spiro atoms. The first-order valence-electron chi connectivity index (χ1n) is 8.32. The van der Waals surface area contributed by atoms with E-state index in [9.17, 15) is 0 Å². The van der Waals surface area contributed by atoms with Crippen molar-refractivity contribution in [3.63, 3.8) is 0 Å². The van der Waals surface area contributed by atoms with Crippen molar-refractivity contribution in [1.29, 1.82) is 0 Å². The number of rotatable bonds is 2. The lowest BCUT2D eigenvalue weighted by Crippen LogP contribution is -2.38. The van der Waals surface area contributed by atoms with Crippen molar-refractivity contribution in [2.45, 2.75) is 0 Å². The third kappa shape index (κ3) is 3.32. The molecule has 3 aromatic rings. The minimum absolute atomic E-state index is 0.808. The zero-order valence-electron chi connectivity index (χ0n) is 13.5. The molecule has 1 aliphatic rings. The third-order valence-corrected chi connectivity index (χ3v) is 5.43. The molecule has 0 aliphatic carbocycles. The predicted octanol–water partition coefficient (Wildman–Crippen LogP) is 3.88. The number of hydrogen-bond donors (Lipinski definition) is 0. The summed E-state index contributed by atoms with van der Waals surface area (Å²) in [6.07, 6.45) is 0. The van der Waals surface area contributed by atoms with E-state index in [1.807, 2.05) is 11.3 Å². The van der Waals surface area contributed by atoms with Crippen LogP contribution in [0, 0.1) is 0 Å². The number of hydrogen-bond acceptors (Lipinski definition) is 2. The monoisotopic (exact) mass is 334 g/mol. The summed E-state index contributed by atoms with van der Waals surface area (Å²) in [6.45, 7) is 3.54. The molecule has 0 atom stereocenters. The Hall–Kier alpha value is -2.23. The summed E-state index contributed by atoms with van der Waals surface area (Å²) in [5.74, 6) is 0. The molecule has 1 saturated heterocycles. The Morgan fingerprint density at radius 3 is 2.00 bits per heavy atom. The maximum absolute atomic E-state index is 5.51. The molecule has 0 bridgehead atoms. The summed E-state index contributed by atoms with van der Waals surface area (Å²) in [5.41, 5.74) is 3.81. The first-order valence-corrected chi connectivity index (χ1v) is 9.13. The molecule has 2 nitrogen and oxygen atoms in total. The average molecular weight is 334 g/mol. The highest BCUT2D eigenvalue weighted by atomic mass is 32.1. The molecule has 1 fully saturated rings. The van der Waals surface area contributed by atoms with Crippen LogP contribution in [0.25, 0.3) is 21.6 Å². The molecule has 3 heteroatoms. The van der Waals surface area contributed by atoms with E-state index < -0.39 is 0 Å². The highest BCUT2D eigenvalue weighted by molar-refractivity contribution is 7.12. The maximum atomic E-state index is 5.51. The molecular formula is C21H20NOS+. The Balaban J connectivity index is 1.91. The van der Waals surface area contributed by atoms with Crippen LogP contribution in [0.1, 0.15) is 0 Å². The summed E-state index contributed by atoms with van der Waals surface area (Å²) in [4.78, 5) is 1.30. The van der Waals surface area contributed by atoms with Crippen LogP contribution in [0.2, 0.25) is 0 Å². The molecule has 2 heterocycles. The van der Waals surface area contributed by atoms with Gasteiger partial charge in [0.25, 0.3) is 4.67 Å². The van der Waals surface area contributed by atoms with E-state index >= 15 is 0 Å². The molecule has 2 aromatic carbocycles. The molecule has 0 radical (unpaired) electrons. The molecule has 4 rings (SSSR count). The second-order valence-corrected chi connectivity index (χ2v) is 6.94. The van der Waals surface area contributed by atoms with Crippen LogP contribution in [0.15, 0.2) is 72.8 Å². The Kier molecular flexibility index (Phi) is 4.54. The van der Waals surface area contributed by atoms with Crippen molar-refractivity contribution in [3.05, 3.63) is 77.5 Å². The van der Waals surface area contributed by atoms with Crippen LogP contribution in [0.3, 0.4) is 0 Å². The lowest BCUT2D eigenvalue weighted by Gasteiger charge is -2.11. The molecular weight excluding hydrogens is 314 g/mol. The van der Waals surface area contributed by atoms with Crippen LogP contribution in [-0.2, 0) is 4.74 Å². The molecule has 0 saturated carbocycles. The van der Waals surface area contributed by atoms with Crippen molar-refractivity contribution < 1.29 is 4.74 Å². The molecule has 0 N–H and O–H groups in total. The Morgan fingerprint density at radius 1 is 0.708 bits per heavy atom. The van der Waals surface area contributed by atoms with Gasteiger partial charge in [0.05, 0.1) is 0 Å². The van der Waals surface area contributed by atoms with Crippen molar-refractivity contribution in [2.75, 3.05) is 26.3 Å². The third-order valence-electron chi connectivity index (χ3n) is 4.27. The van der Waals surface area contributed by atoms with Gasteiger partial charge in [-0.2, -0.15) is 0 Å². The Morgan fingerprint density at radius 2 is 1.33 bits per heavy atom. The van der Waals surface area contributed by atoms with Crippen molar-refractivity contribution >= 4 is 11.3 Å². The van der Waals surface area contributed by atoms with Gasteiger partial charge in [0.15, 0.2) is 13.1 Å². The SMILES string of the molecule is c1ccc(-c2cc(-c3ccccc3)sc(=[N+]3CCOCC3)c2)cc1. The normalized spacial score (nSPS) is 14.6. The first-order chi connectivity index (χ1) is 11.9. The standard InChI is InChI=1S/C21H20NOS/c1-3-7-17(8-4-1)19-15-20(18-9-5-2-6-10-18)24-21(16-19)22-11-13-23-14-12-22/h1-10,15-16H,11-14H2/q+1. The van der Waals surface area contributed by atoms with E-state index in [1.54, 1.807) is 0 Å². The smallest absolute Gasteiger partial charge is 0.257 e. The Bertz CT molecular complexity index is 816. The molecule has 1 aliphatic heterocycles. The topological polar surface area (TPSA) is 12.2 Å². The molecule has 120 valence electrons. The minimum atomic E-state index is 0.808. The largest absolute Gasteiger partial charge is 0.368 e. The van der Waals surface area contributed by atoms with Gasteiger partial charge in [-0.05, 0) is 22.8 Å². The summed E-state index contributed by atoms with van der Waals surface area (Å²) in [6, 6.07) is 25.9. The molecule has 0 unspecified atom stereocenters. The second kappa shape index (κ2) is 7.12. The lowest BCUT2D eigenvalue weighted by atomic mass is 10.1. The van der Waals surface area contributed by atoms with Gasteiger partial charge in [0.2, 0.25) is 0 Å². The Labute approximate surface area is 146 Å². The maximum Gasteiger partial charge on any atom is 0.257 e. The van der Waals surface area contributed by atoms with Gasteiger partial charge in [-0.3, -0.25) is 0 Å². The van der Waals surface area contributed by atoms with E-state index in [0.717, 1.165) is 26.3 Å². The van der Waals surface area contributed by atoms with Crippen LogP contribution in [0.4, 0.5) is 0 Å². The number of morpholine rings is 1. The van der Waals surface area contributed by atoms with Gasteiger partial charge in [-0.25, -0.2) is 4.58 Å². The highest BCUT2D eigenvalue weighted by Gasteiger charge is 2.14. The molecule has 24 heavy (non-hydrogen) atoms. The minimum Gasteiger partial charge on any atom is -0.368 e. The van der Waals surface area contributed by atoms with Gasteiger partial charge in [0.1, 0.15) is 13.2 Å². The fraction of sp³-hybridized carbons (Fsp3) is 0.190. The van der Waals surface area contributed by atoms with Gasteiger partial charge in [-0.1, -0.05) is 72.0 Å². The van der Waals surface area contributed by atoms with Gasteiger partial charge >= 0.3 is 0 Å². The second-order valence-electron chi connectivity index (χ2n) is 5.88. The van der Waals surface area contributed by atoms with Gasteiger partial charge in [-0.15, -0.1) is 0 Å². The molecule has 1 aromatic heterocycles. The summed E-state index contributed by atoms with van der Waals surface area (Å²) in [7, 11) is 0. The number of ether oxygens (including phenoxy) is 1. The van der Waals surface area contributed by atoms with Crippen LogP contribution >= 0.6 is 11.3 Å². The first kappa shape index (κ1) is 15.3. The van der Waals surface area contributed by atoms with Crippen LogP contribution in [0.5, 0.6) is 0 Å². The summed E-state index contributed by atoms with van der Waals surface area (Å²) < 4.78 is 9.27. The lowest BCUT2D eigenvalue weighted by molar-refractivity contribution is 0.0971. The van der Waals surface area contributed by atoms with E-state index in [0.29, 0.717) is 0 Å². The van der Waals surface area contributed by atoms with E-state index in [4.69, 9.17) is 4.74 Å². The quantitative estimate of drug-likeness (QED) is 0.648. The number of benzene rings is 2. The van der Waals surface area contributed by atoms with Crippen LogP contribution in [-0.4, -0.2) is 26.3 Å².